The lowest BCUT2D eigenvalue weighted by molar-refractivity contribution is 0.0137. The molecule has 178 valence electrons. The van der Waals surface area contributed by atoms with E-state index in [1.54, 1.807) is 29.2 Å². The second-order valence-electron chi connectivity index (χ2n) is 8.87. The third-order valence-corrected chi connectivity index (χ3v) is 5.25. The van der Waals surface area contributed by atoms with Gasteiger partial charge in [-0.05, 0) is 32.4 Å². The summed E-state index contributed by atoms with van der Waals surface area (Å²) in [5, 5.41) is 10.5. The fraction of sp³-hybridized carbons (Fsp3) is 0.478. The Labute approximate surface area is 192 Å². The number of esters is 1. The number of carbonyl (C=O) groups is 2. The molecule has 1 aliphatic heterocycles. The number of aromatic hydroxyl groups is 1. The van der Waals surface area contributed by atoms with Crippen molar-refractivity contribution < 1.29 is 24.2 Å². The van der Waals surface area contributed by atoms with Crippen molar-refractivity contribution in [2.24, 2.45) is 0 Å². The van der Waals surface area contributed by atoms with E-state index in [0.717, 1.165) is 0 Å². The highest BCUT2D eigenvalue weighted by molar-refractivity contribution is 5.90. The van der Waals surface area contributed by atoms with Crippen LogP contribution in [0, 0.1) is 0 Å². The molecule has 33 heavy (non-hydrogen) atoms. The zero-order valence-corrected chi connectivity index (χ0v) is 19.4. The number of carbonyl (C=O) groups excluding carboxylic acids is 2. The molecule has 3 rings (SSSR count). The molecule has 10 heteroatoms. The van der Waals surface area contributed by atoms with Gasteiger partial charge in [0.15, 0.2) is 0 Å². The van der Waals surface area contributed by atoms with Gasteiger partial charge in [0.1, 0.15) is 11.3 Å². The van der Waals surface area contributed by atoms with Crippen LogP contribution in [0.1, 0.15) is 42.4 Å². The van der Waals surface area contributed by atoms with E-state index in [0.29, 0.717) is 37.3 Å². The van der Waals surface area contributed by atoms with E-state index in [4.69, 9.17) is 9.47 Å². The van der Waals surface area contributed by atoms with Crippen LogP contribution >= 0.6 is 0 Å². The van der Waals surface area contributed by atoms with Gasteiger partial charge in [0.25, 0.3) is 5.56 Å². The number of rotatable bonds is 5. The quantitative estimate of drug-likeness (QED) is 0.675. The molecule has 0 aliphatic carbocycles. The van der Waals surface area contributed by atoms with Gasteiger partial charge in [0.2, 0.25) is 5.75 Å². The normalized spacial score (nSPS) is 14.7. The lowest BCUT2D eigenvalue weighted by Gasteiger charge is -2.35. The van der Waals surface area contributed by atoms with Crippen LogP contribution in [0.3, 0.4) is 0 Å². The second kappa shape index (κ2) is 10.0. The molecule has 0 radical (unpaired) electrons. The maximum atomic E-state index is 12.7. The Morgan fingerprint density at radius 1 is 1.09 bits per heavy atom. The highest BCUT2D eigenvalue weighted by Gasteiger charge is 2.26. The SMILES string of the molecule is COC(=O)c1ccccc1Cn1cnc(CN2CCN(C(=O)OC(C)(C)C)CC2)c(O)c1=O. The number of benzene rings is 1. The van der Waals surface area contributed by atoms with Gasteiger partial charge in [-0.15, -0.1) is 0 Å². The summed E-state index contributed by atoms with van der Waals surface area (Å²) in [4.78, 5) is 44.8. The van der Waals surface area contributed by atoms with Crippen LogP contribution in [-0.2, 0) is 22.6 Å². The Kier molecular flexibility index (Phi) is 7.37. The Balaban J connectivity index is 1.66. The zero-order valence-electron chi connectivity index (χ0n) is 19.4. The molecule has 1 saturated heterocycles. The maximum absolute atomic E-state index is 12.7. The molecule has 1 aliphatic rings. The van der Waals surface area contributed by atoms with Gasteiger partial charge >= 0.3 is 12.1 Å². The highest BCUT2D eigenvalue weighted by atomic mass is 16.6. The molecule has 1 amide bonds. The molecule has 10 nitrogen and oxygen atoms in total. The van der Waals surface area contributed by atoms with E-state index < -0.39 is 22.9 Å². The van der Waals surface area contributed by atoms with E-state index in [-0.39, 0.29) is 24.9 Å². The summed E-state index contributed by atoms with van der Waals surface area (Å²) < 4.78 is 11.4. The summed E-state index contributed by atoms with van der Waals surface area (Å²) in [5.41, 5.74) is 0.0536. The van der Waals surface area contributed by atoms with Crippen LogP contribution in [0.2, 0.25) is 0 Å². The average Bonchev–Trinajstić information content (AvgIpc) is 2.78. The van der Waals surface area contributed by atoms with Gasteiger partial charge in [-0.2, -0.15) is 0 Å². The number of hydrogen-bond acceptors (Lipinski definition) is 8. The summed E-state index contributed by atoms with van der Waals surface area (Å²) in [6.07, 6.45) is 1.01. The predicted octanol–water partition coefficient (Wildman–Crippen LogP) is 1.84. The molecule has 2 aromatic rings. The first-order chi connectivity index (χ1) is 15.6. The third kappa shape index (κ3) is 6.10. The number of ether oxygens (including phenoxy) is 2. The first kappa shape index (κ1) is 24.2. The van der Waals surface area contributed by atoms with Crippen LogP contribution in [0.15, 0.2) is 35.4 Å². The number of piperazine rings is 1. The number of nitrogens with zero attached hydrogens (tertiary/aromatic N) is 4. The van der Waals surface area contributed by atoms with E-state index in [1.807, 2.05) is 25.7 Å². The van der Waals surface area contributed by atoms with Crippen molar-refractivity contribution in [2.45, 2.75) is 39.5 Å². The van der Waals surface area contributed by atoms with E-state index in [2.05, 4.69) is 4.98 Å². The summed E-state index contributed by atoms with van der Waals surface area (Å²) in [6.45, 7) is 7.92. The van der Waals surface area contributed by atoms with E-state index in [1.165, 1.54) is 18.0 Å². The van der Waals surface area contributed by atoms with Gasteiger partial charge in [0, 0.05) is 32.7 Å². The van der Waals surface area contributed by atoms with Gasteiger partial charge in [-0.3, -0.25) is 14.3 Å². The van der Waals surface area contributed by atoms with Crippen molar-refractivity contribution >= 4 is 12.1 Å². The minimum absolute atomic E-state index is 0.0690. The van der Waals surface area contributed by atoms with Crippen molar-refractivity contribution in [1.29, 1.82) is 0 Å². The van der Waals surface area contributed by atoms with Crippen molar-refractivity contribution in [3.63, 3.8) is 0 Å². The first-order valence-electron chi connectivity index (χ1n) is 10.7. The largest absolute Gasteiger partial charge is 0.502 e. The lowest BCUT2D eigenvalue weighted by Crippen LogP contribution is -2.49. The molecule has 1 aromatic carbocycles. The smallest absolute Gasteiger partial charge is 0.410 e. The Bertz CT molecular complexity index is 1070. The molecule has 1 aromatic heterocycles. The van der Waals surface area contributed by atoms with Gasteiger partial charge in [-0.1, -0.05) is 18.2 Å². The summed E-state index contributed by atoms with van der Waals surface area (Å²) in [7, 11) is 1.29. The number of amides is 1. The molecular weight excluding hydrogens is 428 g/mol. The van der Waals surface area contributed by atoms with Crippen LogP contribution in [0.25, 0.3) is 0 Å². The molecule has 0 spiro atoms. The van der Waals surface area contributed by atoms with Crippen molar-refractivity contribution in [3.05, 3.63) is 57.8 Å². The average molecular weight is 459 g/mol. The minimum Gasteiger partial charge on any atom is -0.502 e. The summed E-state index contributed by atoms with van der Waals surface area (Å²) in [6, 6.07) is 6.80. The summed E-state index contributed by atoms with van der Waals surface area (Å²) >= 11 is 0. The molecule has 0 saturated carbocycles. The highest BCUT2D eigenvalue weighted by Crippen LogP contribution is 2.16. The third-order valence-electron chi connectivity index (χ3n) is 5.25. The molecule has 0 bridgehead atoms. The molecular formula is C23H30N4O6. The zero-order chi connectivity index (χ0) is 24.2. The number of methoxy groups -OCH3 is 1. The van der Waals surface area contributed by atoms with Crippen LogP contribution < -0.4 is 5.56 Å². The Hall–Kier alpha value is -3.40. The summed E-state index contributed by atoms with van der Waals surface area (Å²) in [5.74, 6) is -0.930. The Morgan fingerprint density at radius 2 is 1.76 bits per heavy atom. The van der Waals surface area contributed by atoms with Gasteiger partial charge in [-0.25, -0.2) is 14.6 Å². The van der Waals surface area contributed by atoms with Gasteiger partial charge in [0.05, 0.1) is 25.5 Å². The first-order valence-corrected chi connectivity index (χ1v) is 10.7. The maximum Gasteiger partial charge on any atom is 0.410 e. The van der Waals surface area contributed by atoms with Crippen LogP contribution in [-0.4, -0.2) is 75.4 Å². The van der Waals surface area contributed by atoms with Crippen LogP contribution in [0.4, 0.5) is 4.79 Å². The monoisotopic (exact) mass is 458 g/mol. The molecule has 0 atom stereocenters. The molecule has 0 unspecified atom stereocenters. The van der Waals surface area contributed by atoms with E-state index >= 15 is 0 Å². The lowest BCUT2D eigenvalue weighted by atomic mass is 10.1. The topological polar surface area (TPSA) is 114 Å². The fourth-order valence-electron chi connectivity index (χ4n) is 3.52. The van der Waals surface area contributed by atoms with Crippen molar-refractivity contribution in [3.8, 4) is 5.75 Å². The standard InChI is InChI=1S/C23H30N4O6/c1-23(2,3)33-22(31)26-11-9-25(10-12-26)14-18-19(28)20(29)27(15-24-18)13-16-7-5-6-8-17(16)21(30)32-4/h5-8,15,28H,9-14H2,1-4H3. The Morgan fingerprint density at radius 3 is 2.39 bits per heavy atom. The van der Waals surface area contributed by atoms with Crippen LogP contribution in [0.5, 0.6) is 5.75 Å². The number of aromatic nitrogens is 2. The predicted molar refractivity (Wildman–Crippen MR) is 120 cm³/mol. The minimum atomic E-state index is -0.591. The number of hydrogen-bond donors (Lipinski definition) is 1. The van der Waals surface area contributed by atoms with Gasteiger partial charge < -0.3 is 19.5 Å². The molecule has 1 fully saturated rings. The van der Waals surface area contributed by atoms with E-state index in [9.17, 15) is 19.5 Å². The fourth-order valence-corrected chi connectivity index (χ4v) is 3.52. The second-order valence-corrected chi connectivity index (χ2v) is 8.87. The molecule has 1 N–H and O–H groups in total. The molecule has 2 heterocycles. The van der Waals surface area contributed by atoms with Crippen molar-refractivity contribution in [2.75, 3.05) is 33.3 Å². The van der Waals surface area contributed by atoms with Crippen molar-refractivity contribution in [1.82, 2.24) is 19.4 Å².